The summed E-state index contributed by atoms with van der Waals surface area (Å²) in [6.07, 6.45) is 9.49. The molecule has 2 fully saturated rings. The zero-order valence-electron chi connectivity index (χ0n) is 22.1. The summed E-state index contributed by atoms with van der Waals surface area (Å²) in [5.74, 6) is -0.649. The third-order valence-corrected chi connectivity index (χ3v) is 8.82. The topological polar surface area (TPSA) is 111 Å². The van der Waals surface area contributed by atoms with Crippen molar-refractivity contribution < 1.29 is 14.6 Å². The highest BCUT2D eigenvalue weighted by atomic mass is 32.2. The molecule has 0 atom stereocenters. The summed E-state index contributed by atoms with van der Waals surface area (Å²) in [5, 5.41) is 24.0. The van der Waals surface area contributed by atoms with Crippen LogP contribution in [0.4, 0.5) is 0 Å². The number of ether oxygens (including phenoxy) is 1. The molecule has 1 saturated carbocycles. The molecule has 1 saturated heterocycles. The number of carbonyl (C=O) groups is 1. The number of hydrogen-bond acceptors (Lipinski definition) is 8. The molecule has 3 N–H and O–H groups in total. The van der Waals surface area contributed by atoms with E-state index in [0.717, 1.165) is 53.4 Å². The first-order chi connectivity index (χ1) is 18.3. The van der Waals surface area contributed by atoms with E-state index < -0.39 is 11.4 Å². The Hall–Kier alpha value is -3.24. The number of pyridine rings is 1. The van der Waals surface area contributed by atoms with Crippen molar-refractivity contribution in [3.63, 3.8) is 0 Å². The van der Waals surface area contributed by atoms with Crippen LogP contribution in [0.3, 0.4) is 0 Å². The minimum Gasteiger partial charge on any atom is -0.496 e. The molecule has 202 valence electrons. The lowest BCUT2D eigenvalue weighted by atomic mass is 9.94. The fraction of sp³-hybridized carbons (Fsp3) is 0.464. The normalized spacial score (nSPS) is 18.2. The monoisotopic (exact) mass is 537 g/mol. The molecule has 0 radical (unpaired) electrons. The average molecular weight is 538 g/mol. The molecule has 1 aromatic carbocycles. The van der Waals surface area contributed by atoms with Gasteiger partial charge in [-0.05, 0) is 57.2 Å². The fourth-order valence-corrected chi connectivity index (χ4v) is 6.28. The van der Waals surface area contributed by atoms with Gasteiger partial charge in [-0.3, -0.25) is 13.8 Å². The van der Waals surface area contributed by atoms with Gasteiger partial charge >= 0.3 is 5.97 Å². The third-order valence-electron chi connectivity index (χ3n) is 7.39. The van der Waals surface area contributed by atoms with Crippen LogP contribution in [0.1, 0.15) is 61.0 Å². The van der Waals surface area contributed by atoms with E-state index >= 15 is 0 Å². The average Bonchev–Trinajstić information content (AvgIpc) is 3.72. The molecular formula is C28H35N5O4S. The number of methoxy groups -OCH3 is 1. The number of aromatic carboxylic acids is 1. The fourth-order valence-electron chi connectivity index (χ4n) is 5.09. The predicted molar refractivity (Wildman–Crippen MR) is 152 cm³/mol. The highest BCUT2D eigenvalue weighted by Crippen LogP contribution is 2.39. The molecular weight excluding hydrogens is 502 g/mol. The number of hydrogen-bond donors (Lipinski definition) is 3. The first-order valence-corrected chi connectivity index (χ1v) is 14.0. The SMILES string of the molecule is COc1cc2c(cc1/C(C=N)=C/NC1CCN(SC3CC3)CC1)CN(C(C)C)n1cc(C(=O)O)c(=O)cc1-2. The quantitative estimate of drug-likeness (QED) is 0.326. The van der Waals surface area contributed by atoms with Crippen LogP contribution < -0.4 is 20.5 Å². The maximum absolute atomic E-state index is 12.6. The lowest BCUT2D eigenvalue weighted by Crippen LogP contribution is -2.44. The Bertz CT molecular complexity index is 1330. The van der Waals surface area contributed by atoms with Crippen molar-refractivity contribution in [2.75, 3.05) is 25.2 Å². The Labute approximate surface area is 227 Å². The van der Waals surface area contributed by atoms with Gasteiger partial charge in [0, 0.05) is 71.8 Å². The van der Waals surface area contributed by atoms with Gasteiger partial charge in [0.2, 0.25) is 0 Å². The lowest BCUT2D eigenvalue weighted by molar-refractivity contribution is 0.0694. The number of rotatable bonds is 9. The largest absolute Gasteiger partial charge is 0.496 e. The van der Waals surface area contributed by atoms with Gasteiger partial charge in [-0.25, -0.2) is 4.79 Å². The summed E-state index contributed by atoms with van der Waals surface area (Å²) in [5.41, 5.74) is 3.15. The van der Waals surface area contributed by atoms with Gasteiger partial charge in [0.15, 0.2) is 5.43 Å². The van der Waals surface area contributed by atoms with Gasteiger partial charge < -0.3 is 25.6 Å². The molecule has 1 aromatic heterocycles. The van der Waals surface area contributed by atoms with Crippen LogP contribution in [-0.4, -0.2) is 63.8 Å². The highest BCUT2D eigenvalue weighted by molar-refractivity contribution is 7.97. The third kappa shape index (κ3) is 5.33. The molecule has 0 unspecified atom stereocenters. The molecule has 2 aromatic rings. The maximum atomic E-state index is 12.6. The van der Waals surface area contributed by atoms with Gasteiger partial charge in [0.05, 0.1) is 19.3 Å². The van der Waals surface area contributed by atoms with Gasteiger partial charge in [0.1, 0.15) is 11.3 Å². The second kappa shape index (κ2) is 10.9. The number of nitrogens with zero attached hydrogens (tertiary/aromatic N) is 3. The molecule has 5 rings (SSSR count). The van der Waals surface area contributed by atoms with Crippen molar-refractivity contribution in [1.82, 2.24) is 14.3 Å². The van der Waals surface area contributed by atoms with Gasteiger partial charge in [-0.15, -0.1) is 0 Å². The van der Waals surface area contributed by atoms with Crippen LogP contribution in [0.5, 0.6) is 5.75 Å². The van der Waals surface area contributed by atoms with Crippen LogP contribution in [0, 0.1) is 5.41 Å². The smallest absolute Gasteiger partial charge is 0.341 e. The molecule has 38 heavy (non-hydrogen) atoms. The highest BCUT2D eigenvalue weighted by Gasteiger charge is 2.29. The van der Waals surface area contributed by atoms with Gasteiger partial charge in [0.25, 0.3) is 0 Å². The molecule has 3 heterocycles. The molecule has 9 nitrogen and oxygen atoms in total. The van der Waals surface area contributed by atoms with E-state index in [9.17, 15) is 14.7 Å². The van der Waals surface area contributed by atoms with Crippen LogP contribution in [-0.2, 0) is 6.54 Å². The molecule has 1 aliphatic carbocycles. The van der Waals surface area contributed by atoms with Crippen LogP contribution in [0.2, 0.25) is 0 Å². The summed E-state index contributed by atoms with van der Waals surface area (Å²) in [7, 11) is 1.59. The Morgan fingerprint density at radius 2 is 1.92 bits per heavy atom. The first-order valence-electron chi connectivity index (χ1n) is 13.2. The number of benzene rings is 1. The van der Waals surface area contributed by atoms with Crippen molar-refractivity contribution in [3.05, 3.63) is 57.5 Å². The number of fused-ring (bicyclic) bond motifs is 3. The molecule has 10 heteroatoms. The van der Waals surface area contributed by atoms with Crippen LogP contribution >= 0.6 is 11.9 Å². The zero-order valence-corrected chi connectivity index (χ0v) is 22.9. The van der Waals surface area contributed by atoms with E-state index in [1.54, 1.807) is 11.8 Å². The minimum atomic E-state index is -1.24. The first kappa shape index (κ1) is 26.4. The standard InChI is InChI=1S/C28H35N5O4S/c1-17(2)32-15-18-10-23(19(13-29)14-30-20-6-8-31(9-7-20)38-21-4-5-21)27(37-3)11-22(18)25-12-26(34)24(28(35)36)16-33(25)32/h10-14,16-17,20-21,29-30H,4-9,15H2,1-3H3,(H,35,36)/b19-14+,29-13?. The van der Waals surface area contributed by atoms with Gasteiger partial charge in [-0.2, -0.15) is 0 Å². The van der Waals surface area contributed by atoms with E-state index in [1.807, 2.05) is 49.1 Å². The molecule has 0 amide bonds. The second-order valence-corrected chi connectivity index (χ2v) is 11.8. The van der Waals surface area contributed by atoms with E-state index in [4.69, 9.17) is 10.1 Å². The van der Waals surface area contributed by atoms with Gasteiger partial charge in [-0.1, -0.05) is 11.9 Å². The Kier molecular flexibility index (Phi) is 7.54. The number of piperidine rings is 1. The molecule has 0 bridgehead atoms. The summed E-state index contributed by atoms with van der Waals surface area (Å²) >= 11 is 2.02. The van der Waals surface area contributed by atoms with E-state index in [2.05, 4.69) is 9.62 Å². The summed E-state index contributed by atoms with van der Waals surface area (Å²) in [4.78, 5) is 24.2. The van der Waals surface area contributed by atoms with Crippen LogP contribution in [0.25, 0.3) is 16.8 Å². The summed E-state index contributed by atoms with van der Waals surface area (Å²) in [6.45, 7) is 6.72. The zero-order chi connectivity index (χ0) is 27.0. The van der Waals surface area contributed by atoms with E-state index in [-0.39, 0.29) is 11.6 Å². The molecule has 0 spiro atoms. The van der Waals surface area contributed by atoms with E-state index in [0.29, 0.717) is 24.0 Å². The Balaban J connectivity index is 1.45. The van der Waals surface area contributed by atoms with Crippen molar-refractivity contribution in [3.8, 4) is 17.0 Å². The maximum Gasteiger partial charge on any atom is 0.341 e. The molecule has 2 aliphatic heterocycles. The van der Waals surface area contributed by atoms with Crippen molar-refractivity contribution >= 4 is 29.7 Å². The number of nitrogens with one attached hydrogen (secondary N) is 2. The lowest BCUT2D eigenvalue weighted by Gasteiger charge is -2.38. The number of aromatic nitrogens is 1. The number of carboxylic acids is 1. The van der Waals surface area contributed by atoms with Crippen molar-refractivity contribution in [2.24, 2.45) is 0 Å². The second-order valence-electron chi connectivity index (χ2n) is 10.4. The van der Waals surface area contributed by atoms with Crippen molar-refractivity contribution in [2.45, 2.75) is 63.4 Å². The molecule has 3 aliphatic rings. The number of allylic oxidation sites excluding steroid dienone is 1. The minimum absolute atomic E-state index is 0.0555. The Morgan fingerprint density at radius 3 is 2.53 bits per heavy atom. The Morgan fingerprint density at radius 1 is 1.18 bits per heavy atom. The van der Waals surface area contributed by atoms with Crippen LogP contribution in [0.15, 0.2) is 35.4 Å². The summed E-state index contributed by atoms with van der Waals surface area (Å²) in [6, 6.07) is 5.72. The predicted octanol–water partition coefficient (Wildman–Crippen LogP) is 3.94. The number of carboxylic acid groups (broad SMARTS) is 1. The van der Waals surface area contributed by atoms with E-state index in [1.165, 1.54) is 31.3 Å². The van der Waals surface area contributed by atoms with Crippen molar-refractivity contribution in [1.29, 1.82) is 5.41 Å². The summed E-state index contributed by atoms with van der Waals surface area (Å²) < 4.78 is 10.0.